The summed E-state index contributed by atoms with van der Waals surface area (Å²) in [6.07, 6.45) is 0.0256. The second kappa shape index (κ2) is 5.61. The molecule has 1 atom stereocenters. The van der Waals surface area contributed by atoms with E-state index >= 15 is 0 Å². The van der Waals surface area contributed by atoms with Crippen molar-refractivity contribution in [2.45, 2.75) is 12.5 Å². The van der Waals surface area contributed by atoms with Crippen molar-refractivity contribution in [2.75, 3.05) is 21.3 Å². The lowest BCUT2D eigenvalue weighted by atomic mass is 9.95. The van der Waals surface area contributed by atoms with Crippen molar-refractivity contribution in [1.29, 1.82) is 0 Å². The molecule has 0 aliphatic carbocycles. The molecule has 1 aliphatic rings. The lowest BCUT2D eigenvalue weighted by Gasteiger charge is -2.38. The van der Waals surface area contributed by atoms with Crippen LogP contribution in [0, 0.1) is 0 Å². The van der Waals surface area contributed by atoms with E-state index in [0.29, 0.717) is 27.1 Å². The van der Waals surface area contributed by atoms with Gasteiger partial charge in [0.1, 0.15) is 5.75 Å². The predicted molar refractivity (Wildman–Crippen MR) is 75.1 cm³/mol. The number of amides is 1. The van der Waals surface area contributed by atoms with Gasteiger partial charge in [0.15, 0.2) is 11.5 Å². The Balaban J connectivity index is 2.51. The van der Waals surface area contributed by atoms with Crippen molar-refractivity contribution in [1.82, 2.24) is 4.31 Å². The third-order valence-electron chi connectivity index (χ3n) is 3.23. The van der Waals surface area contributed by atoms with Crippen LogP contribution in [0.1, 0.15) is 18.0 Å². The van der Waals surface area contributed by atoms with Gasteiger partial charge in [0.2, 0.25) is 5.91 Å². The van der Waals surface area contributed by atoms with E-state index in [-0.39, 0.29) is 6.42 Å². The number of nitrogens with zero attached hydrogens (tertiary/aromatic N) is 1. The quantitative estimate of drug-likeness (QED) is 0.598. The molecule has 21 heavy (non-hydrogen) atoms. The van der Waals surface area contributed by atoms with Gasteiger partial charge in [0, 0.05) is 22.3 Å². The first-order valence-electron chi connectivity index (χ1n) is 5.90. The Kier molecular flexibility index (Phi) is 4.20. The Bertz CT molecular complexity index is 675. The summed E-state index contributed by atoms with van der Waals surface area (Å²) in [4.78, 5) is 11.5. The number of carbonyl (C=O) groups is 1. The van der Waals surface area contributed by atoms with Crippen LogP contribution >= 0.6 is 10.7 Å². The van der Waals surface area contributed by atoms with Gasteiger partial charge in [-0.1, -0.05) is 0 Å². The summed E-state index contributed by atoms with van der Waals surface area (Å²) in [7, 11) is 5.50. The highest BCUT2D eigenvalue weighted by Crippen LogP contribution is 2.45. The maximum absolute atomic E-state index is 11.5. The zero-order chi connectivity index (χ0) is 15.8. The minimum atomic E-state index is -4.14. The maximum atomic E-state index is 11.5. The minimum Gasteiger partial charge on any atom is -0.496 e. The number of hydrogen-bond acceptors (Lipinski definition) is 6. The Morgan fingerprint density at radius 3 is 2.05 bits per heavy atom. The van der Waals surface area contributed by atoms with E-state index in [0.717, 1.165) is 0 Å². The lowest BCUT2D eigenvalue weighted by Crippen LogP contribution is -2.48. The molecule has 1 fully saturated rings. The van der Waals surface area contributed by atoms with Crippen LogP contribution in [0.15, 0.2) is 12.1 Å². The molecule has 0 N–H and O–H groups in total. The Morgan fingerprint density at radius 2 is 1.62 bits per heavy atom. The van der Waals surface area contributed by atoms with Crippen LogP contribution in [0.3, 0.4) is 0 Å². The fourth-order valence-electron chi connectivity index (χ4n) is 2.22. The average molecular weight is 336 g/mol. The molecule has 0 spiro atoms. The van der Waals surface area contributed by atoms with Crippen molar-refractivity contribution in [3.05, 3.63) is 17.7 Å². The smallest absolute Gasteiger partial charge is 0.324 e. The molecule has 0 bridgehead atoms. The monoisotopic (exact) mass is 335 g/mol. The van der Waals surface area contributed by atoms with Crippen molar-refractivity contribution in [3.63, 3.8) is 0 Å². The van der Waals surface area contributed by atoms with Crippen LogP contribution in [0.4, 0.5) is 0 Å². The molecule has 9 heteroatoms. The van der Waals surface area contributed by atoms with Gasteiger partial charge in [0.05, 0.1) is 33.8 Å². The van der Waals surface area contributed by atoms with Crippen LogP contribution in [0.2, 0.25) is 0 Å². The summed E-state index contributed by atoms with van der Waals surface area (Å²) < 4.78 is 39.1. The van der Waals surface area contributed by atoms with E-state index in [1.807, 2.05) is 0 Å². The van der Waals surface area contributed by atoms with Crippen molar-refractivity contribution >= 4 is 25.8 Å². The van der Waals surface area contributed by atoms with Crippen LogP contribution in [0.5, 0.6) is 17.2 Å². The van der Waals surface area contributed by atoms with Crippen molar-refractivity contribution in [3.8, 4) is 17.2 Å². The summed E-state index contributed by atoms with van der Waals surface area (Å²) in [5, 5.41) is 0. The van der Waals surface area contributed by atoms with Gasteiger partial charge in [-0.3, -0.25) is 4.79 Å². The Morgan fingerprint density at radius 1 is 1.10 bits per heavy atom. The van der Waals surface area contributed by atoms with Gasteiger partial charge < -0.3 is 14.2 Å². The van der Waals surface area contributed by atoms with Crippen LogP contribution in [-0.2, 0) is 14.0 Å². The minimum absolute atomic E-state index is 0.0256. The first-order chi connectivity index (χ1) is 9.83. The fraction of sp³-hybridized carbons (Fsp3) is 0.417. The summed E-state index contributed by atoms with van der Waals surface area (Å²) in [5.74, 6) is 0.658. The molecular formula is C12H14ClNO6S. The molecule has 1 amide bonds. The van der Waals surface area contributed by atoms with Gasteiger partial charge in [-0.15, -0.1) is 0 Å². The molecule has 1 unspecified atom stereocenters. The standard InChI is InChI=1S/C12H14ClNO6S/c1-18-9-6-11(20-3)10(19-2)4-7(9)8-5-12(15)14(8)21(13,16)17/h4,6,8H,5H2,1-3H3. The number of β-lactam (4-membered cyclic amide) rings is 1. The zero-order valence-corrected chi connectivity index (χ0v) is 13.2. The second-order valence-electron chi connectivity index (χ2n) is 4.30. The van der Waals surface area contributed by atoms with Crippen molar-refractivity contribution < 1.29 is 27.4 Å². The summed E-state index contributed by atoms with van der Waals surface area (Å²) in [5.41, 5.74) is 0.485. The molecule has 2 rings (SSSR count). The van der Waals surface area contributed by atoms with E-state index in [1.165, 1.54) is 21.3 Å². The largest absolute Gasteiger partial charge is 0.496 e. The number of ether oxygens (including phenoxy) is 3. The molecule has 0 aromatic heterocycles. The Labute approximate surface area is 126 Å². The number of halogens is 1. The number of benzene rings is 1. The molecule has 7 nitrogen and oxygen atoms in total. The predicted octanol–water partition coefficient (Wildman–Crippen LogP) is 1.47. The summed E-state index contributed by atoms with van der Waals surface area (Å²) in [6, 6.07) is 2.43. The van der Waals surface area contributed by atoms with E-state index in [2.05, 4.69) is 0 Å². The van der Waals surface area contributed by atoms with Gasteiger partial charge in [-0.2, -0.15) is 8.42 Å². The first-order valence-corrected chi connectivity index (χ1v) is 8.16. The second-order valence-corrected chi connectivity index (χ2v) is 6.69. The molecule has 1 heterocycles. The zero-order valence-electron chi connectivity index (χ0n) is 11.6. The van der Waals surface area contributed by atoms with E-state index in [4.69, 9.17) is 24.9 Å². The highest BCUT2D eigenvalue weighted by atomic mass is 35.7. The fourth-order valence-corrected chi connectivity index (χ4v) is 3.55. The van der Waals surface area contributed by atoms with Gasteiger partial charge in [-0.25, -0.2) is 4.31 Å². The van der Waals surface area contributed by atoms with Crippen LogP contribution in [0.25, 0.3) is 0 Å². The summed E-state index contributed by atoms with van der Waals surface area (Å²) >= 11 is 0. The number of hydrogen-bond donors (Lipinski definition) is 0. The van der Waals surface area contributed by atoms with Gasteiger partial charge in [0.25, 0.3) is 0 Å². The topological polar surface area (TPSA) is 82.1 Å². The molecular weight excluding hydrogens is 322 g/mol. The molecule has 1 saturated heterocycles. The van der Waals surface area contributed by atoms with Crippen LogP contribution < -0.4 is 14.2 Å². The molecule has 116 valence electrons. The average Bonchev–Trinajstić information content (AvgIpc) is 2.41. The molecule has 1 aromatic rings. The normalized spacial score (nSPS) is 18.2. The molecule has 1 aliphatic heterocycles. The highest BCUT2D eigenvalue weighted by molar-refractivity contribution is 8.12. The molecule has 0 saturated carbocycles. The third kappa shape index (κ3) is 2.73. The third-order valence-corrected chi connectivity index (χ3v) is 4.60. The molecule has 0 radical (unpaired) electrons. The van der Waals surface area contributed by atoms with Crippen molar-refractivity contribution in [2.24, 2.45) is 0 Å². The van der Waals surface area contributed by atoms with Gasteiger partial charge in [-0.05, 0) is 6.07 Å². The SMILES string of the molecule is COc1cc(OC)c(C2CC(=O)N2S(=O)(=O)Cl)cc1OC. The molecule has 1 aromatic carbocycles. The lowest BCUT2D eigenvalue weighted by molar-refractivity contribution is -0.137. The highest BCUT2D eigenvalue weighted by Gasteiger charge is 2.46. The van der Waals surface area contributed by atoms with E-state index < -0.39 is 21.2 Å². The van der Waals surface area contributed by atoms with E-state index in [9.17, 15) is 13.2 Å². The van der Waals surface area contributed by atoms with Gasteiger partial charge >= 0.3 is 9.24 Å². The number of rotatable bonds is 5. The first kappa shape index (κ1) is 15.7. The summed E-state index contributed by atoms with van der Waals surface area (Å²) in [6.45, 7) is 0. The number of carbonyl (C=O) groups excluding carboxylic acids is 1. The van der Waals surface area contributed by atoms with Crippen LogP contribution in [-0.4, -0.2) is 40.0 Å². The van der Waals surface area contributed by atoms with E-state index in [1.54, 1.807) is 12.1 Å². The maximum Gasteiger partial charge on any atom is 0.324 e. The number of methoxy groups -OCH3 is 3. The Hall–Kier alpha value is -1.67.